The van der Waals surface area contributed by atoms with Gasteiger partial charge in [0.1, 0.15) is 0 Å². The molecule has 1 fully saturated rings. The normalized spacial score (nSPS) is 15.1. The zero-order valence-corrected chi connectivity index (χ0v) is 11.3. The molecule has 0 spiro atoms. The van der Waals surface area contributed by atoms with Crippen LogP contribution in [-0.2, 0) is 13.2 Å². The van der Waals surface area contributed by atoms with Gasteiger partial charge in [-0.05, 0) is 24.0 Å². The SMILES string of the molecule is O=c1cc(C2CCC2)ncn1Cc1ccc(CO)cc1. The zero-order valence-electron chi connectivity index (χ0n) is 11.3. The Labute approximate surface area is 117 Å². The molecule has 1 saturated carbocycles. The first-order chi connectivity index (χ1) is 9.76. The summed E-state index contributed by atoms with van der Waals surface area (Å²) in [5, 5.41) is 9.01. The number of benzene rings is 1. The second kappa shape index (κ2) is 5.59. The summed E-state index contributed by atoms with van der Waals surface area (Å²) >= 11 is 0. The summed E-state index contributed by atoms with van der Waals surface area (Å²) in [7, 11) is 0. The molecule has 1 aliphatic rings. The number of hydrogen-bond acceptors (Lipinski definition) is 3. The van der Waals surface area contributed by atoms with Crippen molar-refractivity contribution in [1.29, 1.82) is 0 Å². The van der Waals surface area contributed by atoms with Gasteiger partial charge in [0.25, 0.3) is 5.56 Å². The molecule has 0 saturated heterocycles. The molecule has 0 amide bonds. The van der Waals surface area contributed by atoms with Crippen LogP contribution < -0.4 is 5.56 Å². The lowest BCUT2D eigenvalue weighted by molar-refractivity contribution is 0.282. The smallest absolute Gasteiger partial charge is 0.253 e. The van der Waals surface area contributed by atoms with Crippen LogP contribution in [0.15, 0.2) is 41.5 Å². The monoisotopic (exact) mass is 270 g/mol. The highest BCUT2D eigenvalue weighted by atomic mass is 16.3. The molecule has 4 nitrogen and oxygen atoms in total. The standard InChI is InChI=1S/C16H18N2O2/c19-10-13-6-4-12(5-7-13)9-18-11-17-15(8-16(18)20)14-2-1-3-14/h4-8,11,14,19H,1-3,9-10H2. The molecule has 1 aromatic heterocycles. The number of hydrogen-bond donors (Lipinski definition) is 1. The van der Waals surface area contributed by atoms with Gasteiger partial charge in [-0.15, -0.1) is 0 Å². The van der Waals surface area contributed by atoms with Gasteiger partial charge in [-0.2, -0.15) is 0 Å². The fourth-order valence-corrected chi connectivity index (χ4v) is 2.43. The highest BCUT2D eigenvalue weighted by Gasteiger charge is 2.21. The molecule has 0 radical (unpaired) electrons. The predicted molar refractivity (Wildman–Crippen MR) is 76.6 cm³/mol. The fraction of sp³-hybridized carbons (Fsp3) is 0.375. The molecule has 3 rings (SSSR count). The zero-order chi connectivity index (χ0) is 13.9. The molecule has 0 unspecified atom stereocenters. The van der Waals surface area contributed by atoms with Gasteiger partial charge >= 0.3 is 0 Å². The fourth-order valence-electron chi connectivity index (χ4n) is 2.43. The van der Waals surface area contributed by atoms with Crippen LogP contribution in [0.2, 0.25) is 0 Å². The third-order valence-electron chi connectivity index (χ3n) is 3.98. The Morgan fingerprint density at radius 3 is 2.45 bits per heavy atom. The summed E-state index contributed by atoms with van der Waals surface area (Å²) in [5.74, 6) is 0.487. The molecule has 2 aromatic rings. The molecule has 4 heteroatoms. The maximum Gasteiger partial charge on any atom is 0.253 e. The molecule has 1 heterocycles. The molecule has 1 N–H and O–H groups in total. The molecule has 20 heavy (non-hydrogen) atoms. The van der Waals surface area contributed by atoms with Crippen molar-refractivity contribution in [3.8, 4) is 0 Å². The summed E-state index contributed by atoms with van der Waals surface area (Å²) in [6.07, 6.45) is 5.20. The first kappa shape index (κ1) is 13.1. The second-order valence-electron chi connectivity index (χ2n) is 5.38. The Kier molecular flexibility index (Phi) is 3.65. The average Bonchev–Trinajstić information content (AvgIpc) is 2.41. The number of aliphatic hydroxyl groups excluding tert-OH is 1. The van der Waals surface area contributed by atoms with Crippen LogP contribution in [0.3, 0.4) is 0 Å². The Bertz CT molecular complexity index is 642. The van der Waals surface area contributed by atoms with Gasteiger partial charge in [-0.1, -0.05) is 30.7 Å². The molecular weight excluding hydrogens is 252 g/mol. The lowest BCUT2D eigenvalue weighted by atomic mass is 9.83. The van der Waals surface area contributed by atoms with Crippen LogP contribution in [0, 0.1) is 0 Å². The van der Waals surface area contributed by atoms with Crippen molar-refractivity contribution < 1.29 is 5.11 Å². The van der Waals surface area contributed by atoms with E-state index in [2.05, 4.69) is 4.98 Å². The molecule has 104 valence electrons. The van der Waals surface area contributed by atoms with E-state index in [1.54, 1.807) is 17.0 Å². The predicted octanol–water partition coefficient (Wildman–Crippen LogP) is 2.05. The van der Waals surface area contributed by atoms with Gasteiger partial charge in [0, 0.05) is 12.0 Å². The minimum Gasteiger partial charge on any atom is -0.392 e. The molecule has 0 bridgehead atoms. The Balaban J connectivity index is 1.77. The van der Waals surface area contributed by atoms with E-state index in [1.165, 1.54) is 6.42 Å². The first-order valence-corrected chi connectivity index (χ1v) is 7.01. The highest BCUT2D eigenvalue weighted by molar-refractivity contribution is 5.22. The largest absolute Gasteiger partial charge is 0.392 e. The van der Waals surface area contributed by atoms with Gasteiger partial charge in [-0.3, -0.25) is 9.36 Å². The van der Waals surface area contributed by atoms with E-state index >= 15 is 0 Å². The Morgan fingerprint density at radius 2 is 1.90 bits per heavy atom. The van der Waals surface area contributed by atoms with Crippen molar-refractivity contribution in [2.45, 2.75) is 38.3 Å². The van der Waals surface area contributed by atoms with Gasteiger partial charge in [0.05, 0.1) is 25.2 Å². The summed E-state index contributed by atoms with van der Waals surface area (Å²) < 4.78 is 1.62. The quantitative estimate of drug-likeness (QED) is 0.925. The highest BCUT2D eigenvalue weighted by Crippen LogP contribution is 2.34. The Hall–Kier alpha value is -1.94. The van der Waals surface area contributed by atoms with Crippen LogP contribution in [0.4, 0.5) is 0 Å². The number of rotatable bonds is 4. The van der Waals surface area contributed by atoms with Crippen molar-refractivity contribution in [3.63, 3.8) is 0 Å². The van der Waals surface area contributed by atoms with Crippen LogP contribution in [0.5, 0.6) is 0 Å². The molecule has 0 aliphatic heterocycles. The second-order valence-corrected chi connectivity index (χ2v) is 5.38. The van der Waals surface area contributed by atoms with Gasteiger partial charge in [-0.25, -0.2) is 4.98 Å². The van der Waals surface area contributed by atoms with E-state index in [0.717, 1.165) is 29.7 Å². The van der Waals surface area contributed by atoms with Gasteiger partial charge in [0.15, 0.2) is 0 Å². The summed E-state index contributed by atoms with van der Waals surface area (Å²) in [6, 6.07) is 9.27. The molecule has 1 aromatic carbocycles. The van der Waals surface area contributed by atoms with Crippen LogP contribution in [-0.4, -0.2) is 14.7 Å². The topological polar surface area (TPSA) is 55.1 Å². The van der Waals surface area contributed by atoms with Crippen LogP contribution >= 0.6 is 0 Å². The molecule has 0 atom stereocenters. The van der Waals surface area contributed by atoms with Crippen molar-refractivity contribution in [3.05, 3.63) is 63.8 Å². The number of aromatic nitrogens is 2. The van der Waals surface area contributed by atoms with Crippen LogP contribution in [0.1, 0.15) is 42.0 Å². The van der Waals surface area contributed by atoms with E-state index in [4.69, 9.17) is 5.11 Å². The molecular formula is C16H18N2O2. The van der Waals surface area contributed by atoms with Crippen molar-refractivity contribution in [1.82, 2.24) is 9.55 Å². The first-order valence-electron chi connectivity index (χ1n) is 7.01. The maximum atomic E-state index is 12.1. The summed E-state index contributed by atoms with van der Waals surface area (Å²) in [5.41, 5.74) is 2.85. The van der Waals surface area contributed by atoms with E-state index in [-0.39, 0.29) is 12.2 Å². The van der Waals surface area contributed by atoms with E-state index in [0.29, 0.717) is 12.5 Å². The minimum absolute atomic E-state index is 0.00753. The lowest BCUT2D eigenvalue weighted by Crippen LogP contribution is -2.23. The Morgan fingerprint density at radius 1 is 1.20 bits per heavy atom. The van der Waals surface area contributed by atoms with Crippen molar-refractivity contribution in [2.24, 2.45) is 0 Å². The number of aliphatic hydroxyl groups is 1. The third-order valence-corrected chi connectivity index (χ3v) is 3.98. The summed E-state index contributed by atoms with van der Waals surface area (Å²) in [6.45, 7) is 0.556. The third kappa shape index (κ3) is 2.65. The van der Waals surface area contributed by atoms with E-state index < -0.39 is 0 Å². The van der Waals surface area contributed by atoms with Gasteiger partial charge < -0.3 is 5.11 Å². The maximum absolute atomic E-state index is 12.1. The minimum atomic E-state index is 0.00753. The lowest BCUT2D eigenvalue weighted by Gasteiger charge is -2.24. The van der Waals surface area contributed by atoms with Gasteiger partial charge in [0.2, 0.25) is 0 Å². The van der Waals surface area contributed by atoms with Crippen LogP contribution in [0.25, 0.3) is 0 Å². The van der Waals surface area contributed by atoms with Crippen molar-refractivity contribution in [2.75, 3.05) is 0 Å². The number of nitrogens with zero attached hydrogens (tertiary/aromatic N) is 2. The average molecular weight is 270 g/mol. The summed E-state index contributed by atoms with van der Waals surface area (Å²) in [4.78, 5) is 16.5. The van der Waals surface area contributed by atoms with E-state index in [9.17, 15) is 4.79 Å². The van der Waals surface area contributed by atoms with E-state index in [1.807, 2.05) is 24.3 Å². The molecule has 1 aliphatic carbocycles. The van der Waals surface area contributed by atoms with Crippen molar-refractivity contribution >= 4 is 0 Å².